The molecule has 1 aromatic rings. The summed E-state index contributed by atoms with van der Waals surface area (Å²) in [7, 11) is 0. The molecule has 0 aromatic heterocycles. The standard InChI is InChI=1S/C13H18O2/c1-2-3-8-14-12-7-6-11-5-4-9-15-13(11)10-12/h6-7,10H,2-5,8-9H2,1H3. The first-order valence-electron chi connectivity index (χ1n) is 5.78. The zero-order chi connectivity index (χ0) is 10.5. The normalized spacial score (nSPS) is 14.2. The first-order chi connectivity index (χ1) is 7.40. The molecule has 0 N–H and O–H groups in total. The van der Waals surface area contributed by atoms with Gasteiger partial charge >= 0.3 is 0 Å². The van der Waals surface area contributed by atoms with E-state index in [-0.39, 0.29) is 0 Å². The number of aryl methyl sites for hydroxylation is 1. The van der Waals surface area contributed by atoms with Crippen LogP contribution in [0.15, 0.2) is 18.2 Å². The molecule has 0 atom stereocenters. The fourth-order valence-electron chi connectivity index (χ4n) is 1.74. The molecule has 0 fully saturated rings. The third-order valence-electron chi connectivity index (χ3n) is 2.65. The quantitative estimate of drug-likeness (QED) is 0.704. The first-order valence-corrected chi connectivity index (χ1v) is 5.78. The summed E-state index contributed by atoms with van der Waals surface area (Å²) in [5, 5.41) is 0. The minimum Gasteiger partial charge on any atom is -0.493 e. The van der Waals surface area contributed by atoms with E-state index in [1.165, 1.54) is 12.0 Å². The fourth-order valence-corrected chi connectivity index (χ4v) is 1.74. The summed E-state index contributed by atoms with van der Waals surface area (Å²) in [4.78, 5) is 0. The summed E-state index contributed by atoms with van der Waals surface area (Å²) < 4.78 is 11.2. The van der Waals surface area contributed by atoms with Crippen LogP contribution in [0.25, 0.3) is 0 Å². The lowest BCUT2D eigenvalue weighted by molar-refractivity contribution is 0.279. The fraction of sp³-hybridized carbons (Fsp3) is 0.538. The predicted molar refractivity (Wildman–Crippen MR) is 60.7 cm³/mol. The maximum atomic E-state index is 5.63. The molecule has 0 spiro atoms. The SMILES string of the molecule is CCCCOc1ccc2c(c1)OCCC2. The number of hydrogen-bond acceptors (Lipinski definition) is 2. The Balaban J connectivity index is 2.00. The van der Waals surface area contributed by atoms with Gasteiger partial charge in [0.25, 0.3) is 0 Å². The van der Waals surface area contributed by atoms with Crippen LogP contribution in [0, 0.1) is 0 Å². The molecule has 1 heterocycles. The van der Waals surface area contributed by atoms with Crippen LogP contribution >= 0.6 is 0 Å². The molecular formula is C13H18O2. The molecule has 1 aromatic carbocycles. The van der Waals surface area contributed by atoms with Gasteiger partial charge < -0.3 is 9.47 Å². The average Bonchev–Trinajstić information content (AvgIpc) is 2.29. The Morgan fingerprint density at radius 1 is 1.40 bits per heavy atom. The smallest absolute Gasteiger partial charge is 0.126 e. The highest BCUT2D eigenvalue weighted by Gasteiger charge is 2.10. The van der Waals surface area contributed by atoms with Crippen LogP contribution in [0.4, 0.5) is 0 Å². The molecule has 0 unspecified atom stereocenters. The van der Waals surface area contributed by atoms with Gasteiger partial charge in [0.15, 0.2) is 0 Å². The summed E-state index contributed by atoms with van der Waals surface area (Å²) in [6, 6.07) is 6.18. The van der Waals surface area contributed by atoms with Crippen LogP contribution in [0.1, 0.15) is 31.7 Å². The van der Waals surface area contributed by atoms with Gasteiger partial charge in [-0.3, -0.25) is 0 Å². The van der Waals surface area contributed by atoms with Crippen molar-refractivity contribution in [1.29, 1.82) is 0 Å². The topological polar surface area (TPSA) is 18.5 Å². The maximum Gasteiger partial charge on any atom is 0.126 e. The molecule has 0 bridgehead atoms. The van der Waals surface area contributed by atoms with Gasteiger partial charge in [0, 0.05) is 6.07 Å². The zero-order valence-electron chi connectivity index (χ0n) is 9.29. The lowest BCUT2D eigenvalue weighted by Gasteiger charge is -2.17. The Morgan fingerprint density at radius 2 is 2.33 bits per heavy atom. The van der Waals surface area contributed by atoms with Crippen molar-refractivity contribution in [2.75, 3.05) is 13.2 Å². The van der Waals surface area contributed by atoms with Crippen molar-refractivity contribution in [3.63, 3.8) is 0 Å². The highest BCUT2D eigenvalue weighted by atomic mass is 16.5. The Kier molecular flexibility index (Phi) is 3.49. The molecule has 1 aliphatic rings. The minimum atomic E-state index is 0.801. The van der Waals surface area contributed by atoms with Crippen molar-refractivity contribution in [1.82, 2.24) is 0 Å². The second-order valence-electron chi connectivity index (χ2n) is 3.92. The molecule has 2 nitrogen and oxygen atoms in total. The van der Waals surface area contributed by atoms with E-state index < -0.39 is 0 Å². The summed E-state index contributed by atoms with van der Waals surface area (Å²) in [5.41, 5.74) is 1.31. The summed E-state index contributed by atoms with van der Waals surface area (Å²) in [5.74, 6) is 1.94. The van der Waals surface area contributed by atoms with Gasteiger partial charge in [-0.2, -0.15) is 0 Å². The minimum absolute atomic E-state index is 0.801. The number of fused-ring (bicyclic) bond motifs is 1. The van der Waals surface area contributed by atoms with Crippen molar-refractivity contribution in [2.24, 2.45) is 0 Å². The van der Waals surface area contributed by atoms with E-state index in [1.807, 2.05) is 12.1 Å². The maximum absolute atomic E-state index is 5.63. The molecule has 2 heteroatoms. The molecule has 0 saturated heterocycles. The molecule has 0 saturated carbocycles. The summed E-state index contributed by atoms with van der Waals surface area (Å²) in [6.07, 6.45) is 4.53. The molecule has 1 aliphatic heterocycles. The molecule has 15 heavy (non-hydrogen) atoms. The third kappa shape index (κ3) is 2.65. The van der Waals surface area contributed by atoms with Gasteiger partial charge in [-0.05, 0) is 30.9 Å². The van der Waals surface area contributed by atoms with Crippen LogP contribution in [0.2, 0.25) is 0 Å². The van der Waals surface area contributed by atoms with Crippen LogP contribution in [-0.4, -0.2) is 13.2 Å². The first kappa shape index (κ1) is 10.3. The molecule has 0 amide bonds. The van der Waals surface area contributed by atoms with Crippen molar-refractivity contribution in [2.45, 2.75) is 32.6 Å². The van der Waals surface area contributed by atoms with Gasteiger partial charge in [0.1, 0.15) is 11.5 Å². The van der Waals surface area contributed by atoms with Crippen LogP contribution in [0.3, 0.4) is 0 Å². The lowest BCUT2D eigenvalue weighted by Crippen LogP contribution is -2.08. The number of rotatable bonds is 4. The summed E-state index contributed by atoms with van der Waals surface area (Å²) in [6.45, 7) is 3.81. The Morgan fingerprint density at radius 3 is 3.20 bits per heavy atom. The van der Waals surface area contributed by atoms with Crippen LogP contribution in [-0.2, 0) is 6.42 Å². The van der Waals surface area contributed by atoms with E-state index in [1.54, 1.807) is 0 Å². The second kappa shape index (κ2) is 5.06. The second-order valence-corrected chi connectivity index (χ2v) is 3.92. The van der Waals surface area contributed by atoms with E-state index in [0.717, 1.165) is 44.0 Å². The monoisotopic (exact) mass is 206 g/mol. The van der Waals surface area contributed by atoms with Crippen LogP contribution in [0.5, 0.6) is 11.5 Å². The van der Waals surface area contributed by atoms with Gasteiger partial charge in [-0.25, -0.2) is 0 Å². The van der Waals surface area contributed by atoms with Gasteiger partial charge in [-0.1, -0.05) is 19.4 Å². The molecule has 2 rings (SSSR count). The highest BCUT2D eigenvalue weighted by Crippen LogP contribution is 2.28. The Hall–Kier alpha value is -1.18. The largest absolute Gasteiger partial charge is 0.493 e. The predicted octanol–water partition coefficient (Wildman–Crippen LogP) is 3.19. The molecule has 82 valence electrons. The van der Waals surface area contributed by atoms with E-state index >= 15 is 0 Å². The molecule has 0 radical (unpaired) electrons. The average molecular weight is 206 g/mol. The van der Waals surface area contributed by atoms with Gasteiger partial charge in [-0.15, -0.1) is 0 Å². The van der Waals surface area contributed by atoms with Crippen molar-refractivity contribution < 1.29 is 9.47 Å². The molecule has 0 aliphatic carbocycles. The Bertz CT molecular complexity index is 320. The summed E-state index contributed by atoms with van der Waals surface area (Å²) >= 11 is 0. The van der Waals surface area contributed by atoms with Crippen molar-refractivity contribution in [3.8, 4) is 11.5 Å². The lowest BCUT2D eigenvalue weighted by atomic mass is 10.1. The highest BCUT2D eigenvalue weighted by molar-refractivity contribution is 5.41. The van der Waals surface area contributed by atoms with E-state index in [0.29, 0.717) is 0 Å². The third-order valence-corrected chi connectivity index (χ3v) is 2.65. The number of benzene rings is 1. The van der Waals surface area contributed by atoms with Gasteiger partial charge in [0.2, 0.25) is 0 Å². The zero-order valence-corrected chi connectivity index (χ0v) is 9.29. The Labute approximate surface area is 91.2 Å². The van der Waals surface area contributed by atoms with Crippen LogP contribution < -0.4 is 9.47 Å². The number of hydrogen-bond donors (Lipinski definition) is 0. The number of unbranched alkanes of at least 4 members (excludes halogenated alkanes) is 1. The van der Waals surface area contributed by atoms with E-state index in [4.69, 9.17) is 9.47 Å². The van der Waals surface area contributed by atoms with Crippen molar-refractivity contribution >= 4 is 0 Å². The van der Waals surface area contributed by atoms with Crippen molar-refractivity contribution in [3.05, 3.63) is 23.8 Å². The molecular weight excluding hydrogens is 188 g/mol. The van der Waals surface area contributed by atoms with Gasteiger partial charge in [0.05, 0.1) is 13.2 Å². The number of ether oxygens (including phenoxy) is 2. The van der Waals surface area contributed by atoms with E-state index in [9.17, 15) is 0 Å². The van der Waals surface area contributed by atoms with E-state index in [2.05, 4.69) is 13.0 Å².